The Labute approximate surface area is 214 Å². The first-order valence-corrected chi connectivity index (χ1v) is 14.3. The summed E-state index contributed by atoms with van der Waals surface area (Å²) in [6.07, 6.45) is 15.1. The van der Waals surface area contributed by atoms with Crippen molar-refractivity contribution in [3.8, 4) is 0 Å². The summed E-state index contributed by atoms with van der Waals surface area (Å²) in [5.74, 6) is 0. The zero-order valence-corrected chi connectivity index (χ0v) is 22.7. The van der Waals surface area contributed by atoms with Gasteiger partial charge in [0.2, 0.25) is 11.4 Å². The van der Waals surface area contributed by atoms with E-state index < -0.39 is 0 Å². The second-order valence-corrected chi connectivity index (χ2v) is 10.1. The molecule has 2 nitrogen and oxygen atoms in total. The molecule has 0 unspecified atom stereocenters. The van der Waals surface area contributed by atoms with Crippen LogP contribution in [0.3, 0.4) is 0 Å². The second kappa shape index (κ2) is 14.2. The van der Waals surface area contributed by atoms with Gasteiger partial charge in [-0.15, -0.1) is 0 Å². The average Bonchev–Trinajstić information content (AvgIpc) is 3.16. The van der Waals surface area contributed by atoms with Gasteiger partial charge in [0.15, 0.2) is 0 Å². The fraction of sp³-hybridized carbons (Fsp3) is 0.515. The zero-order valence-electron chi connectivity index (χ0n) is 22.7. The Balaban J connectivity index is 2.08. The number of allylic oxidation sites excluding steroid dienone is 2. The highest BCUT2D eigenvalue weighted by molar-refractivity contribution is 5.82. The van der Waals surface area contributed by atoms with Gasteiger partial charge >= 0.3 is 0 Å². The van der Waals surface area contributed by atoms with Crippen LogP contribution in [0.4, 0.5) is 0 Å². The molecule has 0 fully saturated rings. The molecule has 0 radical (unpaired) electrons. The van der Waals surface area contributed by atoms with Gasteiger partial charge in [0.25, 0.3) is 0 Å². The molecule has 0 atom stereocenters. The number of hydrogen-bond donors (Lipinski definition) is 0. The predicted molar refractivity (Wildman–Crippen MR) is 151 cm³/mol. The monoisotopic (exact) mass is 470 g/mol. The van der Waals surface area contributed by atoms with E-state index in [1.54, 1.807) is 0 Å². The van der Waals surface area contributed by atoms with Crippen LogP contribution < -0.4 is 0 Å². The van der Waals surface area contributed by atoms with Crippen LogP contribution in [0.2, 0.25) is 0 Å². The largest absolute Gasteiger partial charge is 0.493 e. The third-order valence-electron chi connectivity index (χ3n) is 7.33. The molecule has 2 heteroatoms. The van der Waals surface area contributed by atoms with Gasteiger partial charge in [0.1, 0.15) is 0 Å². The van der Waals surface area contributed by atoms with E-state index in [-0.39, 0.29) is 0 Å². The summed E-state index contributed by atoms with van der Waals surface area (Å²) in [6.45, 7) is 8.97. The lowest BCUT2D eigenvalue weighted by molar-refractivity contribution is -0.345. The van der Waals surface area contributed by atoms with E-state index in [4.69, 9.17) is 0 Å². The van der Waals surface area contributed by atoms with Crippen LogP contribution in [0.25, 0.3) is 16.9 Å². The van der Waals surface area contributed by atoms with Crippen molar-refractivity contribution in [2.45, 2.75) is 111 Å². The number of benzene rings is 2. The minimum atomic E-state index is 1.00. The van der Waals surface area contributed by atoms with E-state index in [0.29, 0.717) is 0 Å². The van der Waals surface area contributed by atoms with Crippen molar-refractivity contribution >= 4 is 11.4 Å². The lowest BCUT2D eigenvalue weighted by Crippen LogP contribution is -2.03. The average molecular weight is 471 g/mol. The van der Waals surface area contributed by atoms with Crippen LogP contribution in [0, 0.1) is 0 Å². The highest BCUT2D eigenvalue weighted by Gasteiger charge is 2.35. The van der Waals surface area contributed by atoms with Crippen LogP contribution in [0.1, 0.15) is 121 Å². The minimum Gasteiger partial charge on any atom is -0.493 e. The molecule has 0 N–H and O–H groups in total. The van der Waals surface area contributed by atoms with Gasteiger partial charge < -0.3 is 5.53 Å². The Morgan fingerprint density at radius 2 is 1.17 bits per heavy atom. The summed E-state index contributed by atoms with van der Waals surface area (Å²) in [6, 6.07) is 17.7. The zero-order chi connectivity index (χ0) is 25.0. The lowest BCUT2D eigenvalue weighted by Gasteiger charge is -2.11. The fourth-order valence-electron chi connectivity index (χ4n) is 5.22. The molecule has 3 rings (SSSR count). The lowest BCUT2D eigenvalue weighted by atomic mass is 9.91. The van der Waals surface area contributed by atoms with E-state index >= 15 is 0 Å². The molecule has 0 bridgehead atoms. The maximum Gasteiger partial charge on any atom is 0.211 e. The van der Waals surface area contributed by atoms with E-state index in [1.165, 1.54) is 84.8 Å². The first-order chi connectivity index (χ1) is 17.1. The molecule has 35 heavy (non-hydrogen) atoms. The Morgan fingerprint density at radius 3 is 1.80 bits per heavy atom. The van der Waals surface area contributed by atoms with Crippen LogP contribution in [-0.2, 0) is 12.8 Å². The van der Waals surface area contributed by atoms with Gasteiger partial charge in [-0.2, -0.15) is 0 Å². The normalized spacial score (nSPS) is 13.9. The molecule has 0 amide bonds. The molecule has 0 spiro atoms. The van der Waals surface area contributed by atoms with Gasteiger partial charge in [0.05, 0.1) is 0 Å². The van der Waals surface area contributed by atoms with Crippen molar-refractivity contribution in [2.75, 3.05) is 0 Å². The smallest absolute Gasteiger partial charge is 0.211 e. The Hall–Kier alpha value is -2.48. The molecule has 0 saturated heterocycles. The third kappa shape index (κ3) is 7.03. The van der Waals surface area contributed by atoms with Gasteiger partial charge in [-0.1, -0.05) is 90.5 Å². The molecule has 1 aliphatic rings. The topological polar surface area (TPSA) is 25.3 Å². The van der Waals surface area contributed by atoms with Gasteiger partial charge in [-0.05, 0) is 80.3 Å². The van der Waals surface area contributed by atoms with Gasteiger partial charge in [-0.25, -0.2) is 4.70 Å². The molecule has 188 valence electrons. The van der Waals surface area contributed by atoms with Crippen molar-refractivity contribution in [3.63, 3.8) is 0 Å². The minimum absolute atomic E-state index is 1.00. The summed E-state index contributed by atoms with van der Waals surface area (Å²) in [5.41, 5.74) is 21.5. The van der Waals surface area contributed by atoms with Crippen molar-refractivity contribution in [1.29, 1.82) is 0 Å². The van der Waals surface area contributed by atoms with E-state index in [1.807, 2.05) is 0 Å². The second-order valence-electron chi connectivity index (χ2n) is 10.1. The van der Waals surface area contributed by atoms with Crippen molar-refractivity contribution < 1.29 is 4.70 Å². The van der Waals surface area contributed by atoms with Gasteiger partial charge in [0, 0.05) is 22.3 Å². The molecule has 0 aliphatic carbocycles. The molecule has 2 aromatic rings. The third-order valence-corrected chi connectivity index (χ3v) is 7.33. The maximum absolute atomic E-state index is 11.8. The summed E-state index contributed by atoms with van der Waals surface area (Å²) in [7, 11) is 0. The van der Waals surface area contributed by atoms with Crippen molar-refractivity contribution in [2.24, 2.45) is 0 Å². The van der Waals surface area contributed by atoms with Crippen LogP contribution in [-0.4, -0.2) is 4.70 Å². The summed E-state index contributed by atoms with van der Waals surface area (Å²) in [4.78, 5) is 0. The van der Waals surface area contributed by atoms with Crippen molar-refractivity contribution in [3.05, 3.63) is 87.5 Å². The first-order valence-electron chi connectivity index (χ1n) is 14.3. The predicted octanol–water partition coefficient (Wildman–Crippen LogP) is 10.3. The molecule has 1 heterocycles. The van der Waals surface area contributed by atoms with Crippen molar-refractivity contribution in [1.82, 2.24) is 0 Å². The number of unbranched alkanes of at least 4 members (excludes halogenated alkanes) is 6. The Kier molecular flexibility index (Phi) is 11.0. The van der Waals surface area contributed by atoms with E-state index in [9.17, 15) is 5.53 Å². The number of hydrogen-bond acceptors (Lipinski definition) is 0. The number of nitrogens with zero attached hydrogens (tertiary/aromatic N) is 2. The molecular formula is C33H46N2. The standard InChI is InChI=1S/C33H46N2/c1-5-9-12-14-20-30-31(19-13-10-6-2)33(29-18-15-17-27(25-29)16-11-7-3)35(34)32(30)28-23-21-26(8-4)22-24-28/h15,17-18,21-25H,5-14,16,19-20H2,1-4H3. The summed E-state index contributed by atoms with van der Waals surface area (Å²) in [5, 5.41) is 0. The van der Waals surface area contributed by atoms with Crippen LogP contribution in [0.5, 0.6) is 0 Å². The first kappa shape index (κ1) is 27.1. The fourth-order valence-corrected chi connectivity index (χ4v) is 5.22. The molecule has 1 aliphatic heterocycles. The van der Waals surface area contributed by atoms with Gasteiger partial charge in [-0.3, -0.25) is 0 Å². The highest BCUT2D eigenvalue weighted by Crippen LogP contribution is 2.44. The summed E-state index contributed by atoms with van der Waals surface area (Å²) < 4.78 is 1.54. The van der Waals surface area contributed by atoms with Crippen LogP contribution >= 0.6 is 0 Å². The SMILES string of the molecule is CCCCCCC1=C(c2ccc(CC)cc2)[N+](=[N-])C(c2cccc(CCCC)c2)=C1CCCCC. The van der Waals surface area contributed by atoms with Crippen LogP contribution in [0.15, 0.2) is 59.7 Å². The quantitative estimate of drug-likeness (QED) is 0.183. The molecule has 2 aromatic carbocycles. The summed E-state index contributed by atoms with van der Waals surface area (Å²) >= 11 is 0. The molecular weight excluding hydrogens is 424 g/mol. The molecule has 0 aromatic heterocycles. The Morgan fingerprint density at radius 1 is 0.571 bits per heavy atom. The highest BCUT2D eigenvalue weighted by atomic mass is 15.2. The molecule has 0 saturated carbocycles. The number of rotatable bonds is 15. The van der Waals surface area contributed by atoms with E-state index in [2.05, 4.69) is 76.2 Å². The maximum atomic E-state index is 11.8. The number of aryl methyl sites for hydroxylation is 2. The Bertz CT molecular complexity index is 1020. The van der Waals surface area contributed by atoms with E-state index in [0.717, 1.165) is 48.2 Å².